The minimum atomic E-state index is 0.149. The highest BCUT2D eigenvalue weighted by molar-refractivity contribution is 6.30. The van der Waals surface area contributed by atoms with Crippen molar-refractivity contribution < 1.29 is 5.11 Å². The third-order valence-corrected chi connectivity index (χ3v) is 4.25. The molecule has 0 spiro atoms. The van der Waals surface area contributed by atoms with Gasteiger partial charge in [0.1, 0.15) is 0 Å². The van der Waals surface area contributed by atoms with Gasteiger partial charge in [-0.2, -0.15) is 9.78 Å². The molecular weight excluding hydrogens is 348 g/mol. The van der Waals surface area contributed by atoms with Crippen molar-refractivity contribution in [1.29, 1.82) is 0 Å². The molecule has 0 atom stereocenters. The molecule has 0 aliphatic rings. The van der Waals surface area contributed by atoms with E-state index in [0.29, 0.717) is 17.4 Å². The monoisotopic (exact) mass is 374 g/mol. The number of halogens is 1. The summed E-state index contributed by atoms with van der Waals surface area (Å²) in [7, 11) is 0. The lowest BCUT2D eigenvalue weighted by Gasteiger charge is -2.05. The Morgan fingerprint density at radius 2 is 2.15 bits per heavy atom. The molecule has 140 valence electrons. The van der Waals surface area contributed by atoms with Crippen LogP contribution in [0.25, 0.3) is 5.82 Å². The summed E-state index contributed by atoms with van der Waals surface area (Å²) >= 11 is 5.90. The number of aromatic hydroxyl groups is 1. The number of nitrogens with one attached hydrogen (secondary N) is 1. The van der Waals surface area contributed by atoms with E-state index in [9.17, 15) is 5.11 Å². The normalized spacial score (nSPS) is 12.2. The van der Waals surface area contributed by atoms with Gasteiger partial charge >= 0.3 is 0 Å². The van der Waals surface area contributed by atoms with Gasteiger partial charge in [0.2, 0.25) is 5.88 Å². The van der Waals surface area contributed by atoms with E-state index >= 15 is 0 Å². The van der Waals surface area contributed by atoms with E-state index in [1.54, 1.807) is 18.3 Å². The van der Waals surface area contributed by atoms with E-state index in [1.807, 2.05) is 6.92 Å². The third kappa shape index (κ3) is 5.19. The van der Waals surface area contributed by atoms with Gasteiger partial charge in [-0.05, 0) is 37.5 Å². The second-order valence-corrected chi connectivity index (χ2v) is 6.46. The van der Waals surface area contributed by atoms with Crippen LogP contribution in [0, 0.1) is 0 Å². The molecule has 0 aliphatic heterocycles. The SMILES string of the molecule is C/C=C(\C=C/CC)CNCc1nn(-c2ccc(Cl)cn2)c(O)c1CCC. The molecule has 5 nitrogen and oxygen atoms in total. The van der Waals surface area contributed by atoms with E-state index in [0.717, 1.165) is 37.1 Å². The lowest BCUT2D eigenvalue weighted by molar-refractivity contribution is 0.426. The molecule has 2 aromatic heterocycles. The van der Waals surface area contributed by atoms with Crippen LogP contribution in [0.4, 0.5) is 0 Å². The van der Waals surface area contributed by atoms with Gasteiger partial charge in [0.05, 0.1) is 10.7 Å². The molecule has 0 saturated carbocycles. The van der Waals surface area contributed by atoms with Crippen LogP contribution in [0.2, 0.25) is 5.02 Å². The van der Waals surface area contributed by atoms with E-state index in [1.165, 1.54) is 10.3 Å². The first kappa shape index (κ1) is 20.2. The third-order valence-electron chi connectivity index (χ3n) is 4.03. The van der Waals surface area contributed by atoms with Crippen molar-refractivity contribution in [3.63, 3.8) is 0 Å². The summed E-state index contributed by atoms with van der Waals surface area (Å²) in [6.07, 6.45) is 10.6. The maximum Gasteiger partial charge on any atom is 0.219 e. The molecule has 2 aromatic rings. The molecule has 0 radical (unpaired) electrons. The molecular formula is C20H27ClN4O. The first-order valence-electron chi connectivity index (χ1n) is 9.04. The minimum Gasteiger partial charge on any atom is -0.493 e. The van der Waals surface area contributed by atoms with Crippen molar-refractivity contribution >= 4 is 11.6 Å². The van der Waals surface area contributed by atoms with Crippen molar-refractivity contribution in [2.24, 2.45) is 0 Å². The number of aromatic nitrogens is 3. The fourth-order valence-corrected chi connectivity index (χ4v) is 2.75. The molecule has 0 fully saturated rings. The molecule has 0 bridgehead atoms. The van der Waals surface area contributed by atoms with Crippen LogP contribution < -0.4 is 5.32 Å². The van der Waals surface area contributed by atoms with Gasteiger partial charge in [-0.1, -0.05) is 50.1 Å². The number of nitrogens with zero attached hydrogens (tertiary/aromatic N) is 3. The maximum absolute atomic E-state index is 10.6. The first-order valence-corrected chi connectivity index (χ1v) is 9.42. The number of allylic oxidation sites excluding steroid dienone is 2. The van der Waals surface area contributed by atoms with Crippen molar-refractivity contribution in [3.05, 3.63) is 58.4 Å². The standard InChI is InChI=1S/C20H27ClN4O/c1-4-7-9-15(6-3)12-22-14-18-17(8-5-2)20(26)25(24-18)19-11-10-16(21)13-23-19/h6-7,9-11,13,22,26H,4-5,8,12,14H2,1-3H3/b9-7-,15-6+. The zero-order valence-electron chi connectivity index (χ0n) is 15.7. The predicted octanol–water partition coefficient (Wildman–Crippen LogP) is 4.58. The Hall–Kier alpha value is -2.11. The van der Waals surface area contributed by atoms with E-state index in [-0.39, 0.29) is 5.88 Å². The minimum absolute atomic E-state index is 0.149. The van der Waals surface area contributed by atoms with Crippen LogP contribution in [-0.2, 0) is 13.0 Å². The van der Waals surface area contributed by atoms with Crippen LogP contribution in [0.1, 0.15) is 44.9 Å². The van der Waals surface area contributed by atoms with Gasteiger partial charge in [0.15, 0.2) is 5.82 Å². The predicted molar refractivity (Wildman–Crippen MR) is 107 cm³/mol. The van der Waals surface area contributed by atoms with E-state index < -0.39 is 0 Å². The number of hydrogen-bond acceptors (Lipinski definition) is 4. The molecule has 0 amide bonds. The van der Waals surface area contributed by atoms with Crippen molar-refractivity contribution in [2.45, 2.75) is 46.6 Å². The number of pyridine rings is 1. The Kier molecular flexibility index (Phi) is 7.88. The van der Waals surface area contributed by atoms with Gasteiger partial charge in [-0.3, -0.25) is 0 Å². The largest absolute Gasteiger partial charge is 0.493 e. The summed E-state index contributed by atoms with van der Waals surface area (Å²) in [5, 5.41) is 19.2. The Morgan fingerprint density at radius 3 is 2.77 bits per heavy atom. The zero-order chi connectivity index (χ0) is 18.9. The molecule has 6 heteroatoms. The summed E-state index contributed by atoms with van der Waals surface area (Å²) in [6.45, 7) is 7.58. The second-order valence-electron chi connectivity index (χ2n) is 6.02. The highest BCUT2D eigenvalue weighted by Crippen LogP contribution is 2.26. The van der Waals surface area contributed by atoms with Crippen LogP contribution in [-0.4, -0.2) is 26.4 Å². The summed E-state index contributed by atoms with van der Waals surface area (Å²) in [5.41, 5.74) is 2.94. The lowest BCUT2D eigenvalue weighted by atomic mass is 10.1. The summed E-state index contributed by atoms with van der Waals surface area (Å²) in [4.78, 5) is 4.25. The number of hydrogen-bond donors (Lipinski definition) is 2. The lowest BCUT2D eigenvalue weighted by Crippen LogP contribution is -2.17. The topological polar surface area (TPSA) is 63.0 Å². The van der Waals surface area contributed by atoms with Crippen LogP contribution in [0.15, 0.2) is 42.1 Å². The fraction of sp³-hybridized carbons (Fsp3) is 0.400. The quantitative estimate of drug-likeness (QED) is 0.630. The Morgan fingerprint density at radius 1 is 1.35 bits per heavy atom. The summed E-state index contributed by atoms with van der Waals surface area (Å²) in [6, 6.07) is 3.48. The second kappa shape index (κ2) is 10.1. The van der Waals surface area contributed by atoms with Gasteiger partial charge < -0.3 is 10.4 Å². The Balaban J connectivity index is 2.18. The van der Waals surface area contributed by atoms with Gasteiger partial charge in [-0.15, -0.1) is 0 Å². The molecule has 2 N–H and O–H groups in total. The highest BCUT2D eigenvalue weighted by atomic mass is 35.5. The van der Waals surface area contributed by atoms with E-state index in [2.05, 4.69) is 47.5 Å². The Labute approximate surface area is 160 Å². The number of rotatable bonds is 9. The fourth-order valence-electron chi connectivity index (χ4n) is 2.64. The smallest absolute Gasteiger partial charge is 0.219 e. The maximum atomic E-state index is 10.6. The molecule has 0 saturated heterocycles. The Bertz CT molecular complexity index is 763. The van der Waals surface area contributed by atoms with Gasteiger partial charge in [0, 0.05) is 24.8 Å². The van der Waals surface area contributed by atoms with Crippen molar-refractivity contribution in [1.82, 2.24) is 20.1 Å². The van der Waals surface area contributed by atoms with Gasteiger partial charge in [0.25, 0.3) is 0 Å². The van der Waals surface area contributed by atoms with Crippen LogP contribution in [0.5, 0.6) is 5.88 Å². The molecule has 0 aliphatic carbocycles. The van der Waals surface area contributed by atoms with Crippen LogP contribution >= 0.6 is 11.6 Å². The van der Waals surface area contributed by atoms with Crippen LogP contribution in [0.3, 0.4) is 0 Å². The van der Waals surface area contributed by atoms with Crippen molar-refractivity contribution in [2.75, 3.05) is 6.54 Å². The first-order chi connectivity index (χ1) is 12.6. The molecule has 0 aromatic carbocycles. The van der Waals surface area contributed by atoms with Crippen molar-refractivity contribution in [3.8, 4) is 11.7 Å². The zero-order valence-corrected chi connectivity index (χ0v) is 16.4. The summed E-state index contributed by atoms with van der Waals surface area (Å²) < 4.78 is 1.48. The molecule has 2 rings (SSSR count). The average molecular weight is 375 g/mol. The van der Waals surface area contributed by atoms with E-state index in [4.69, 9.17) is 11.6 Å². The summed E-state index contributed by atoms with van der Waals surface area (Å²) in [5.74, 6) is 0.700. The molecule has 26 heavy (non-hydrogen) atoms. The highest BCUT2D eigenvalue weighted by Gasteiger charge is 2.18. The molecule has 2 heterocycles. The van der Waals surface area contributed by atoms with Gasteiger partial charge in [-0.25, -0.2) is 4.98 Å². The average Bonchev–Trinajstić information content (AvgIpc) is 2.95. The molecule has 0 unspecified atom stereocenters.